The van der Waals surface area contributed by atoms with Gasteiger partial charge < -0.3 is 4.74 Å². The molecule has 0 radical (unpaired) electrons. The summed E-state index contributed by atoms with van der Waals surface area (Å²) in [5.41, 5.74) is 0.926. The minimum absolute atomic E-state index is 0.146. The minimum atomic E-state index is -0.836. The van der Waals surface area contributed by atoms with Gasteiger partial charge in [-0.25, -0.2) is 8.78 Å². The average Bonchev–Trinajstić information content (AvgIpc) is 2.83. The van der Waals surface area contributed by atoms with E-state index in [4.69, 9.17) is 4.74 Å². The smallest absolute Gasteiger partial charge is 0.233 e. The van der Waals surface area contributed by atoms with Gasteiger partial charge in [0.05, 0.1) is 12.3 Å². The molecule has 0 spiro atoms. The fraction of sp³-hybridized carbons (Fsp3) is 0.630. The van der Waals surface area contributed by atoms with Crippen molar-refractivity contribution in [2.45, 2.75) is 90.9 Å². The van der Waals surface area contributed by atoms with Crippen molar-refractivity contribution in [3.05, 3.63) is 41.5 Å². The molecule has 1 fully saturated rings. The van der Waals surface area contributed by atoms with Crippen molar-refractivity contribution in [3.63, 3.8) is 0 Å². The van der Waals surface area contributed by atoms with E-state index in [1.165, 1.54) is 44.9 Å². The highest BCUT2D eigenvalue weighted by molar-refractivity contribution is 5.60. The van der Waals surface area contributed by atoms with E-state index in [1.807, 2.05) is 0 Å². The van der Waals surface area contributed by atoms with Crippen molar-refractivity contribution in [3.8, 4) is 17.1 Å². The first-order valence-corrected chi connectivity index (χ1v) is 12.6. The van der Waals surface area contributed by atoms with Crippen molar-refractivity contribution in [1.29, 1.82) is 0 Å². The molecular formula is C27H38F2N2O. The Balaban J connectivity index is 1.54. The number of benzene rings is 1. The average molecular weight is 445 g/mol. The Labute approximate surface area is 192 Å². The third-order valence-electron chi connectivity index (χ3n) is 6.83. The SMILES string of the molecule is CCCCCOc1ccc(-c2ccc(CC[C@H]3CC[C@H](CCCC)CC3)c(F)c2F)nn1. The molecular weight excluding hydrogens is 406 g/mol. The quantitative estimate of drug-likeness (QED) is 0.312. The van der Waals surface area contributed by atoms with E-state index in [1.54, 1.807) is 24.3 Å². The highest BCUT2D eigenvalue weighted by atomic mass is 19.2. The fourth-order valence-corrected chi connectivity index (χ4v) is 4.71. The first kappa shape index (κ1) is 24.6. The Morgan fingerprint density at radius 1 is 0.812 bits per heavy atom. The largest absolute Gasteiger partial charge is 0.477 e. The fourth-order valence-electron chi connectivity index (χ4n) is 4.71. The van der Waals surface area contributed by atoms with Gasteiger partial charge in [-0.15, -0.1) is 10.2 Å². The van der Waals surface area contributed by atoms with Crippen LogP contribution in [-0.4, -0.2) is 16.8 Å². The molecule has 0 aliphatic heterocycles. The molecule has 0 unspecified atom stereocenters. The van der Waals surface area contributed by atoms with Crippen molar-refractivity contribution in [2.24, 2.45) is 11.8 Å². The number of hydrogen-bond donors (Lipinski definition) is 0. The number of aromatic nitrogens is 2. The molecule has 1 aliphatic carbocycles. The lowest BCUT2D eigenvalue weighted by Crippen LogP contribution is -2.15. The van der Waals surface area contributed by atoms with Gasteiger partial charge in [0.25, 0.3) is 0 Å². The van der Waals surface area contributed by atoms with Gasteiger partial charge in [0.15, 0.2) is 11.6 Å². The number of unbranched alkanes of at least 4 members (excludes halogenated alkanes) is 3. The predicted molar refractivity (Wildman–Crippen MR) is 126 cm³/mol. The molecule has 1 saturated carbocycles. The topological polar surface area (TPSA) is 35.0 Å². The Kier molecular flexibility index (Phi) is 9.89. The molecule has 0 saturated heterocycles. The molecule has 2 aromatic rings. The zero-order valence-corrected chi connectivity index (χ0v) is 19.7. The van der Waals surface area contributed by atoms with Crippen LogP contribution in [-0.2, 0) is 6.42 Å². The molecule has 32 heavy (non-hydrogen) atoms. The third-order valence-corrected chi connectivity index (χ3v) is 6.83. The zero-order chi connectivity index (χ0) is 22.8. The van der Waals surface area contributed by atoms with Crippen molar-refractivity contribution in [2.75, 3.05) is 6.61 Å². The summed E-state index contributed by atoms with van der Waals surface area (Å²) in [6.45, 7) is 4.96. The van der Waals surface area contributed by atoms with Crippen LogP contribution >= 0.6 is 0 Å². The van der Waals surface area contributed by atoms with Crippen LogP contribution in [0, 0.1) is 23.5 Å². The normalized spacial score (nSPS) is 18.6. The van der Waals surface area contributed by atoms with Crippen LogP contribution in [0.2, 0.25) is 0 Å². The van der Waals surface area contributed by atoms with Crippen LogP contribution in [0.1, 0.15) is 90.0 Å². The van der Waals surface area contributed by atoms with E-state index in [9.17, 15) is 8.78 Å². The highest BCUT2D eigenvalue weighted by Crippen LogP contribution is 2.35. The second kappa shape index (κ2) is 12.9. The van der Waals surface area contributed by atoms with Crippen molar-refractivity contribution in [1.82, 2.24) is 10.2 Å². The van der Waals surface area contributed by atoms with Crippen LogP contribution < -0.4 is 4.74 Å². The number of halogens is 2. The second-order valence-electron chi connectivity index (χ2n) is 9.28. The molecule has 3 nitrogen and oxygen atoms in total. The van der Waals surface area contributed by atoms with Crippen LogP contribution in [0.25, 0.3) is 11.3 Å². The first-order chi connectivity index (χ1) is 15.6. The minimum Gasteiger partial charge on any atom is -0.477 e. The van der Waals surface area contributed by atoms with Crippen LogP contribution in [0.5, 0.6) is 5.88 Å². The van der Waals surface area contributed by atoms with Gasteiger partial charge in [-0.1, -0.05) is 77.7 Å². The first-order valence-electron chi connectivity index (χ1n) is 12.6. The van der Waals surface area contributed by atoms with E-state index < -0.39 is 11.6 Å². The van der Waals surface area contributed by atoms with Gasteiger partial charge in [0, 0.05) is 11.6 Å². The zero-order valence-electron chi connectivity index (χ0n) is 19.7. The van der Waals surface area contributed by atoms with E-state index in [0.29, 0.717) is 36.1 Å². The van der Waals surface area contributed by atoms with E-state index in [2.05, 4.69) is 24.0 Å². The maximum atomic E-state index is 14.8. The molecule has 1 heterocycles. The summed E-state index contributed by atoms with van der Waals surface area (Å²) in [5, 5.41) is 8.05. The lowest BCUT2D eigenvalue weighted by Gasteiger charge is -2.28. The number of ether oxygens (including phenoxy) is 1. The monoisotopic (exact) mass is 444 g/mol. The summed E-state index contributed by atoms with van der Waals surface area (Å²) in [6.07, 6.45) is 13.7. The second-order valence-corrected chi connectivity index (χ2v) is 9.28. The number of aryl methyl sites for hydroxylation is 1. The van der Waals surface area contributed by atoms with Crippen LogP contribution in [0.3, 0.4) is 0 Å². The predicted octanol–water partition coefficient (Wildman–Crippen LogP) is 7.92. The van der Waals surface area contributed by atoms with Crippen LogP contribution in [0.15, 0.2) is 24.3 Å². The summed E-state index contributed by atoms with van der Waals surface area (Å²) in [7, 11) is 0. The summed E-state index contributed by atoms with van der Waals surface area (Å²) in [4.78, 5) is 0. The Morgan fingerprint density at radius 2 is 1.53 bits per heavy atom. The molecule has 176 valence electrons. The molecule has 1 aliphatic rings. The summed E-state index contributed by atoms with van der Waals surface area (Å²) >= 11 is 0. The Bertz CT molecular complexity index is 817. The molecule has 0 N–H and O–H groups in total. The molecule has 3 rings (SSSR count). The molecule has 0 bridgehead atoms. The van der Waals surface area contributed by atoms with E-state index >= 15 is 0 Å². The summed E-state index contributed by atoms with van der Waals surface area (Å²) < 4.78 is 35.1. The molecule has 0 amide bonds. The standard InChI is InChI=1S/C27H38F2N2O/c1-3-5-7-19-32-25-18-17-24(30-31-25)23-16-15-22(26(28)27(23)29)14-13-21-11-9-20(10-12-21)8-6-4-2/h15-18,20-21H,3-14,19H2,1-2H3/t20-,21-. The Hall–Kier alpha value is -2.04. The van der Waals surface area contributed by atoms with Crippen molar-refractivity contribution < 1.29 is 13.5 Å². The molecule has 5 heteroatoms. The summed E-state index contributed by atoms with van der Waals surface area (Å²) in [6, 6.07) is 6.63. The van der Waals surface area contributed by atoms with Gasteiger partial charge >= 0.3 is 0 Å². The number of rotatable bonds is 12. The lowest BCUT2D eigenvalue weighted by atomic mass is 9.78. The summed E-state index contributed by atoms with van der Waals surface area (Å²) in [5.74, 6) is 0.323. The lowest BCUT2D eigenvalue weighted by molar-refractivity contribution is 0.249. The third kappa shape index (κ3) is 6.98. The highest BCUT2D eigenvalue weighted by Gasteiger charge is 2.22. The molecule has 0 atom stereocenters. The maximum Gasteiger partial charge on any atom is 0.233 e. The van der Waals surface area contributed by atoms with Gasteiger partial charge in [0.1, 0.15) is 0 Å². The maximum absolute atomic E-state index is 14.8. The van der Waals surface area contributed by atoms with Gasteiger partial charge in [-0.2, -0.15) is 0 Å². The van der Waals surface area contributed by atoms with Crippen LogP contribution in [0.4, 0.5) is 8.78 Å². The molecule has 1 aromatic heterocycles. The molecule has 1 aromatic carbocycles. The number of hydrogen-bond acceptors (Lipinski definition) is 3. The van der Waals surface area contributed by atoms with E-state index in [-0.39, 0.29) is 5.56 Å². The Morgan fingerprint density at radius 3 is 2.19 bits per heavy atom. The van der Waals surface area contributed by atoms with Gasteiger partial charge in [-0.05, 0) is 48.8 Å². The van der Waals surface area contributed by atoms with Gasteiger partial charge in [0.2, 0.25) is 5.88 Å². The number of nitrogens with zero attached hydrogens (tertiary/aromatic N) is 2. The van der Waals surface area contributed by atoms with E-state index in [0.717, 1.165) is 31.6 Å². The van der Waals surface area contributed by atoms with Gasteiger partial charge in [-0.3, -0.25) is 0 Å². The van der Waals surface area contributed by atoms with Crippen molar-refractivity contribution >= 4 is 0 Å².